The van der Waals surface area contributed by atoms with Crippen molar-refractivity contribution in [3.63, 3.8) is 0 Å². The number of rotatable bonds is 1. The summed E-state index contributed by atoms with van der Waals surface area (Å²) in [5.74, 6) is 1.67. The van der Waals surface area contributed by atoms with Crippen LogP contribution in [-0.2, 0) is 39.0 Å². The van der Waals surface area contributed by atoms with E-state index in [1.807, 2.05) is 0 Å². The molecule has 2 unspecified atom stereocenters. The zero-order valence-electron chi connectivity index (χ0n) is 10.2. The van der Waals surface area contributed by atoms with Crippen LogP contribution in [0.1, 0.15) is 49.8 Å². The van der Waals surface area contributed by atoms with E-state index in [2.05, 4.69) is 32.9 Å². The number of halogens is 2. The summed E-state index contributed by atoms with van der Waals surface area (Å²) >= 11 is 0. The summed E-state index contributed by atoms with van der Waals surface area (Å²) < 4.78 is 0. The van der Waals surface area contributed by atoms with E-state index in [9.17, 15) is 0 Å². The van der Waals surface area contributed by atoms with Crippen molar-refractivity contribution < 1.29 is 51.0 Å². The van der Waals surface area contributed by atoms with Crippen LogP contribution >= 0.6 is 0 Å². The normalized spacial score (nSPS) is 22.2. The molecule has 0 aromatic heterocycles. The van der Waals surface area contributed by atoms with Crippen LogP contribution in [0.5, 0.6) is 0 Å². The molecule has 1 aromatic carbocycles. The topological polar surface area (TPSA) is 0 Å². The fourth-order valence-corrected chi connectivity index (χ4v) is 2.67. The zero-order valence-corrected chi connectivity index (χ0v) is 14.2. The van der Waals surface area contributed by atoms with Crippen molar-refractivity contribution in [2.24, 2.45) is 5.92 Å². The summed E-state index contributed by atoms with van der Waals surface area (Å²) in [5, 5.41) is 0. The van der Waals surface area contributed by atoms with Gasteiger partial charge in [-0.15, -0.1) is 0 Å². The van der Waals surface area contributed by atoms with Gasteiger partial charge in [-0.3, -0.25) is 0 Å². The first-order valence-corrected chi connectivity index (χ1v) is 5.49. The van der Waals surface area contributed by atoms with Crippen molar-refractivity contribution in [1.82, 2.24) is 0 Å². The van der Waals surface area contributed by atoms with Gasteiger partial charge in [-0.25, -0.2) is 6.07 Å². The Morgan fingerprint density at radius 1 is 1.31 bits per heavy atom. The van der Waals surface area contributed by atoms with Crippen molar-refractivity contribution in [2.45, 2.75) is 46.0 Å². The third-order valence-electron chi connectivity index (χ3n) is 3.33. The van der Waals surface area contributed by atoms with Crippen LogP contribution in [0.3, 0.4) is 0 Å². The molecule has 0 N–H and O–H groups in total. The summed E-state index contributed by atoms with van der Waals surface area (Å²) in [5.41, 5.74) is 4.80. The number of hydrogen-bond donors (Lipinski definition) is 0. The van der Waals surface area contributed by atoms with Gasteiger partial charge in [-0.1, -0.05) is 39.5 Å². The van der Waals surface area contributed by atoms with Crippen molar-refractivity contribution >= 4 is 0 Å². The first-order chi connectivity index (χ1) is 6.20. The molecular formula is C13H19Cl2Zr. The number of fused-ring (bicyclic) bond motifs is 1. The molecule has 1 aromatic rings. The molecule has 0 saturated heterocycles. The van der Waals surface area contributed by atoms with Gasteiger partial charge in [0.15, 0.2) is 0 Å². The minimum absolute atomic E-state index is 0. The van der Waals surface area contributed by atoms with Crippen molar-refractivity contribution in [1.29, 1.82) is 0 Å². The van der Waals surface area contributed by atoms with E-state index in [1.54, 1.807) is 11.1 Å². The van der Waals surface area contributed by atoms with Gasteiger partial charge in [-0.05, 0) is 12.3 Å². The molecule has 1 radical (unpaired) electrons. The predicted molar refractivity (Wildman–Crippen MR) is 57.3 cm³/mol. The first-order valence-electron chi connectivity index (χ1n) is 5.49. The minimum atomic E-state index is 0. The van der Waals surface area contributed by atoms with Crippen molar-refractivity contribution in [3.8, 4) is 0 Å². The molecule has 0 bridgehead atoms. The average molecular weight is 337 g/mol. The minimum Gasteiger partial charge on any atom is -1.00 e. The number of aryl methyl sites for hydroxylation is 1. The fourth-order valence-electron chi connectivity index (χ4n) is 2.67. The van der Waals surface area contributed by atoms with Gasteiger partial charge in [0.1, 0.15) is 0 Å². The Kier molecular flexibility index (Phi) is 9.59. The molecule has 2 atom stereocenters. The maximum absolute atomic E-state index is 2.42. The molecule has 0 amide bonds. The van der Waals surface area contributed by atoms with Crippen LogP contribution < -0.4 is 24.8 Å². The number of hydrogen-bond acceptors (Lipinski definition) is 0. The van der Waals surface area contributed by atoms with Crippen molar-refractivity contribution in [2.75, 3.05) is 0 Å². The predicted octanol–water partition coefficient (Wildman–Crippen LogP) is -2.34. The molecule has 0 nitrogen and oxygen atoms in total. The smallest absolute Gasteiger partial charge is 1.00 e. The molecule has 16 heavy (non-hydrogen) atoms. The Hall–Kier alpha value is 0.813. The Bertz CT molecular complexity index is 307. The van der Waals surface area contributed by atoms with E-state index >= 15 is 0 Å². The molecule has 1 aliphatic carbocycles. The second-order valence-corrected chi connectivity index (χ2v) is 4.64. The van der Waals surface area contributed by atoms with Crippen molar-refractivity contribution in [3.05, 3.63) is 28.8 Å². The van der Waals surface area contributed by atoms with E-state index in [1.165, 1.54) is 24.8 Å². The second kappa shape index (κ2) is 8.01. The van der Waals surface area contributed by atoms with Crippen LogP contribution in [0.4, 0.5) is 0 Å². The van der Waals surface area contributed by atoms with Gasteiger partial charge in [0.2, 0.25) is 0 Å². The third kappa shape index (κ3) is 3.93. The van der Waals surface area contributed by atoms with Gasteiger partial charge in [0.05, 0.1) is 0 Å². The van der Waals surface area contributed by atoms with Crippen LogP contribution in [0.2, 0.25) is 0 Å². The standard InChI is InChI=1S/C13H19.2ClH.Zr/c1-4-11-7-12-6-9(2)5-10(3)13(12)8-11;;;/h7-10H,4-6H2,1-3H3;2*1H;/q-1;;;+3/p-2. The molecular weight excluding hydrogens is 318 g/mol. The van der Waals surface area contributed by atoms with Gasteiger partial charge < -0.3 is 24.8 Å². The summed E-state index contributed by atoms with van der Waals surface area (Å²) in [7, 11) is 0. The molecule has 0 fully saturated rings. The second-order valence-electron chi connectivity index (χ2n) is 4.64. The van der Waals surface area contributed by atoms with Crippen LogP contribution in [-0.4, -0.2) is 0 Å². The Labute approximate surface area is 131 Å². The largest absolute Gasteiger partial charge is 3.00 e. The summed E-state index contributed by atoms with van der Waals surface area (Å²) in [6, 6.07) is 4.84. The van der Waals surface area contributed by atoms with Gasteiger partial charge in [0, 0.05) is 0 Å². The molecule has 0 heterocycles. The third-order valence-corrected chi connectivity index (χ3v) is 3.33. The molecule has 0 saturated carbocycles. The maximum Gasteiger partial charge on any atom is 3.00 e. The molecule has 89 valence electrons. The Morgan fingerprint density at radius 3 is 2.50 bits per heavy atom. The van der Waals surface area contributed by atoms with E-state index in [4.69, 9.17) is 0 Å². The van der Waals surface area contributed by atoms with Gasteiger partial charge in [-0.2, -0.15) is 22.8 Å². The average Bonchev–Trinajstić information content (AvgIpc) is 2.47. The van der Waals surface area contributed by atoms with Gasteiger partial charge >= 0.3 is 26.2 Å². The van der Waals surface area contributed by atoms with E-state index < -0.39 is 0 Å². The summed E-state index contributed by atoms with van der Waals surface area (Å²) in [6.45, 7) is 6.99. The van der Waals surface area contributed by atoms with Crippen LogP contribution in [0.15, 0.2) is 12.1 Å². The molecule has 0 spiro atoms. The SMILES string of the molecule is CCc1cc2c([cH-]1)CC(C)CC2C.[Cl-].[Cl-].[Zr+3]. The van der Waals surface area contributed by atoms with E-state index in [-0.39, 0.29) is 51.0 Å². The Morgan fingerprint density at radius 2 is 1.94 bits per heavy atom. The Balaban J connectivity index is 0. The van der Waals surface area contributed by atoms with E-state index in [0.717, 1.165) is 11.8 Å². The molecule has 1 aliphatic rings. The monoisotopic (exact) mass is 335 g/mol. The van der Waals surface area contributed by atoms with E-state index in [0.29, 0.717) is 0 Å². The summed E-state index contributed by atoms with van der Waals surface area (Å²) in [4.78, 5) is 0. The van der Waals surface area contributed by atoms with Crippen LogP contribution in [0.25, 0.3) is 0 Å². The van der Waals surface area contributed by atoms with Gasteiger partial charge in [0.25, 0.3) is 0 Å². The molecule has 0 aliphatic heterocycles. The summed E-state index contributed by atoms with van der Waals surface area (Å²) in [6.07, 6.45) is 3.87. The zero-order chi connectivity index (χ0) is 9.42. The maximum atomic E-state index is 2.42. The fraction of sp³-hybridized carbons (Fsp3) is 0.615. The quantitative estimate of drug-likeness (QED) is 0.504. The first kappa shape index (κ1) is 19.2. The molecule has 3 heteroatoms. The molecule has 2 rings (SSSR count). The van der Waals surface area contributed by atoms with Crippen LogP contribution in [0, 0.1) is 5.92 Å².